The van der Waals surface area contributed by atoms with Crippen LogP contribution in [0.1, 0.15) is 16.7 Å². The molecule has 0 spiro atoms. The minimum atomic E-state index is -0.435. The number of amides is 2. The fourth-order valence-corrected chi connectivity index (χ4v) is 3.36. The summed E-state index contributed by atoms with van der Waals surface area (Å²) in [5.74, 6) is 0.470. The zero-order valence-corrected chi connectivity index (χ0v) is 13.9. The maximum Gasteiger partial charge on any atom is 0.271 e. The largest absolute Gasteiger partial charge is 0.497 e. The van der Waals surface area contributed by atoms with Gasteiger partial charge in [0.25, 0.3) is 5.91 Å². The first-order valence-electron chi connectivity index (χ1n) is 8.20. The first-order valence-corrected chi connectivity index (χ1v) is 8.20. The minimum Gasteiger partial charge on any atom is -0.497 e. The summed E-state index contributed by atoms with van der Waals surface area (Å²) >= 11 is 0. The molecule has 2 aliphatic rings. The van der Waals surface area contributed by atoms with Gasteiger partial charge in [0.15, 0.2) is 0 Å². The van der Waals surface area contributed by atoms with Crippen LogP contribution in [0.2, 0.25) is 0 Å². The van der Waals surface area contributed by atoms with Crippen molar-refractivity contribution >= 4 is 17.9 Å². The van der Waals surface area contributed by atoms with Crippen LogP contribution in [0.3, 0.4) is 0 Å². The van der Waals surface area contributed by atoms with Crippen LogP contribution in [0.5, 0.6) is 5.75 Å². The summed E-state index contributed by atoms with van der Waals surface area (Å²) in [6, 6.07) is 14.9. The maximum atomic E-state index is 12.9. The van der Waals surface area contributed by atoms with Crippen LogP contribution >= 0.6 is 0 Å². The van der Waals surface area contributed by atoms with Gasteiger partial charge in [0.2, 0.25) is 5.91 Å². The van der Waals surface area contributed by atoms with E-state index in [0.29, 0.717) is 18.7 Å². The van der Waals surface area contributed by atoms with Crippen LogP contribution in [-0.4, -0.2) is 29.9 Å². The van der Waals surface area contributed by atoms with Gasteiger partial charge in [-0.3, -0.25) is 9.59 Å². The molecule has 1 saturated heterocycles. The number of piperazine rings is 1. The molecule has 0 aromatic heterocycles. The Kier molecular flexibility index (Phi) is 3.76. The predicted octanol–water partition coefficient (Wildman–Crippen LogP) is 2.12. The summed E-state index contributed by atoms with van der Waals surface area (Å²) in [6.45, 7) is 0.465. The van der Waals surface area contributed by atoms with Gasteiger partial charge >= 0.3 is 0 Å². The summed E-state index contributed by atoms with van der Waals surface area (Å²) in [4.78, 5) is 27.0. The Hall–Kier alpha value is -3.08. The van der Waals surface area contributed by atoms with E-state index < -0.39 is 6.04 Å². The zero-order chi connectivity index (χ0) is 17.4. The number of methoxy groups -OCH3 is 1. The molecule has 2 aromatic rings. The van der Waals surface area contributed by atoms with Gasteiger partial charge in [0.05, 0.1) is 7.11 Å². The lowest BCUT2D eigenvalue weighted by atomic mass is 9.91. The molecule has 2 heterocycles. The molecule has 2 aromatic carbocycles. The van der Waals surface area contributed by atoms with E-state index in [9.17, 15) is 9.59 Å². The topological polar surface area (TPSA) is 58.6 Å². The smallest absolute Gasteiger partial charge is 0.271 e. The second-order valence-corrected chi connectivity index (χ2v) is 6.24. The minimum absolute atomic E-state index is 0.131. The fourth-order valence-electron chi connectivity index (χ4n) is 3.36. The number of nitrogens with zero attached hydrogens (tertiary/aromatic N) is 1. The average Bonchev–Trinajstić information content (AvgIpc) is 2.65. The van der Waals surface area contributed by atoms with Crippen LogP contribution in [0.4, 0.5) is 0 Å². The lowest BCUT2D eigenvalue weighted by Gasteiger charge is -2.39. The monoisotopic (exact) mass is 334 g/mol. The Balaban J connectivity index is 1.64. The Labute approximate surface area is 145 Å². The predicted molar refractivity (Wildman–Crippen MR) is 93.6 cm³/mol. The van der Waals surface area contributed by atoms with Crippen molar-refractivity contribution in [1.29, 1.82) is 0 Å². The maximum absolute atomic E-state index is 12.9. The van der Waals surface area contributed by atoms with Crippen molar-refractivity contribution in [3.05, 3.63) is 70.9 Å². The standard InChI is InChI=1S/C20H18N2O3/c1-25-16-8-6-13(7-9-16)10-17-20(24)22-12-15-5-3-2-4-14(15)11-18(22)19(23)21-17/h2-10,18H,11-12H2,1H3,(H,21,23)/t18-/m0/s1. The molecule has 2 aliphatic heterocycles. The molecular weight excluding hydrogens is 316 g/mol. The molecule has 2 amide bonds. The summed E-state index contributed by atoms with van der Waals surface area (Å²) in [5.41, 5.74) is 3.38. The van der Waals surface area contributed by atoms with Crippen molar-refractivity contribution in [2.45, 2.75) is 19.0 Å². The number of hydrogen-bond acceptors (Lipinski definition) is 3. The van der Waals surface area contributed by atoms with E-state index in [1.807, 2.05) is 48.5 Å². The van der Waals surface area contributed by atoms with Crippen molar-refractivity contribution < 1.29 is 14.3 Å². The molecule has 0 radical (unpaired) electrons. The normalized spacial score (nSPS) is 20.8. The van der Waals surface area contributed by atoms with E-state index >= 15 is 0 Å². The molecule has 1 atom stereocenters. The average molecular weight is 334 g/mol. The number of carbonyl (C=O) groups is 2. The lowest BCUT2D eigenvalue weighted by Crippen LogP contribution is -2.58. The quantitative estimate of drug-likeness (QED) is 0.856. The van der Waals surface area contributed by atoms with E-state index in [1.54, 1.807) is 18.1 Å². The van der Waals surface area contributed by atoms with Gasteiger partial charge in [0, 0.05) is 13.0 Å². The van der Waals surface area contributed by atoms with Crippen molar-refractivity contribution in [1.82, 2.24) is 10.2 Å². The SMILES string of the molecule is COc1ccc(C=C2NC(=O)[C@@H]3Cc4ccccc4CN3C2=O)cc1. The molecule has 126 valence electrons. The number of rotatable bonds is 2. The summed E-state index contributed by atoms with van der Waals surface area (Å²) < 4.78 is 5.14. The molecule has 0 aliphatic carbocycles. The molecule has 0 bridgehead atoms. The molecule has 1 N–H and O–H groups in total. The van der Waals surface area contributed by atoms with Gasteiger partial charge < -0.3 is 15.0 Å². The molecule has 1 fully saturated rings. The Morgan fingerprint density at radius 1 is 1.08 bits per heavy atom. The highest BCUT2D eigenvalue weighted by Gasteiger charge is 2.40. The van der Waals surface area contributed by atoms with Crippen molar-refractivity contribution in [2.75, 3.05) is 7.11 Å². The number of ether oxygens (including phenoxy) is 1. The van der Waals surface area contributed by atoms with Gasteiger partial charge in [-0.05, 0) is 34.9 Å². The van der Waals surface area contributed by atoms with Crippen molar-refractivity contribution in [3.63, 3.8) is 0 Å². The second-order valence-electron chi connectivity index (χ2n) is 6.24. The molecule has 4 rings (SSSR count). The number of hydrogen-bond donors (Lipinski definition) is 1. The second kappa shape index (κ2) is 6.09. The fraction of sp³-hybridized carbons (Fsp3) is 0.200. The van der Waals surface area contributed by atoms with Crippen molar-refractivity contribution in [3.8, 4) is 5.75 Å². The first kappa shape index (κ1) is 15.4. The number of nitrogens with one attached hydrogen (secondary N) is 1. The van der Waals surface area contributed by atoms with Crippen LogP contribution in [-0.2, 0) is 22.6 Å². The summed E-state index contributed by atoms with van der Waals surface area (Å²) in [6.07, 6.45) is 2.26. The zero-order valence-electron chi connectivity index (χ0n) is 13.9. The summed E-state index contributed by atoms with van der Waals surface area (Å²) in [5, 5.41) is 2.77. The first-order chi connectivity index (χ1) is 12.2. The third-order valence-electron chi connectivity index (χ3n) is 4.73. The highest BCUT2D eigenvalue weighted by molar-refractivity contribution is 6.07. The third-order valence-corrected chi connectivity index (χ3v) is 4.73. The van der Waals surface area contributed by atoms with E-state index in [-0.39, 0.29) is 11.8 Å². The highest BCUT2D eigenvalue weighted by atomic mass is 16.5. The third kappa shape index (κ3) is 2.78. The van der Waals surface area contributed by atoms with Crippen LogP contribution < -0.4 is 10.1 Å². The van der Waals surface area contributed by atoms with Gasteiger partial charge in [-0.1, -0.05) is 36.4 Å². The van der Waals surface area contributed by atoms with Crippen LogP contribution in [0, 0.1) is 0 Å². The molecular formula is C20H18N2O3. The van der Waals surface area contributed by atoms with Crippen molar-refractivity contribution in [2.24, 2.45) is 0 Å². The summed E-state index contributed by atoms with van der Waals surface area (Å²) in [7, 11) is 1.60. The highest BCUT2D eigenvalue weighted by Crippen LogP contribution is 2.27. The van der Waals surface area contributed by atoms with Gasteiger partial charge in [0.1, 0.15) is 17.5 Å². The number of carbonyl (C=O) groups excluding carboxylic acids is 2. The lowest BCUT2D eigenvalue weighted by molar-refractivity contribution is -0.143. The van der Waals surface area contributed by atoms with Gasteiger partial charge in [-0.2, -0.15) is 0 Å². The van der Waals surface area contributed by atoms with E-state index in [2.05, 4.69) is 5.32 Å². The van der Waals surface area contributed by atoms with E-state index in [4.69, 9.17) is 4.74 Å². The Morgan fingerprint density at radius 2 is 1.80 bits per heavy atom. The molecule has 25 heavy (non-hydrogen) atoms. The van der Waals surface area contributed by atoms with Gasteiger partial charge in [-0.25, -0.2) is 0 Å². The molecule has 5 heteroatoms. The Morgan fingerprint density at radius 3 is 2.52 bits per heavy atom. The van der Waals surface area contributed by atoms with Crippen LogP contribution in [0.15, 0.2) is 54.2 Å². The number of benzene rings is 2. The van der Waals surface area contributed by atoms with Gasteiger partial charge in [-0.15, -0.1) is 0 Å². The molecule has 0 saturated carbocycles. The van der Waals surface area contributed by atoms with E-state index in [0.717, 1.165) is 22.4 Å². The molecule has 0 unspecified atom stereocenters. The Bertz CT molecular complexity index is 871. The van der Waals surface area contributed by atoms with Crippen LogP contribution in [0.25, 0.3) is 6.08 Å². The molecule has 5 nitrogen and oxygen atoms in total. The number of fused-ring (bicyclic) bond motifs is 2. The van der Waals surface area contributed by atoms with E-state index in [1.165, 1.54) is 0 Å².